The van der Waals surface area contributed by atoms with E-state index in [0.29, 0.717) is 12.2 Å². The van der Waals surface area contributed by atoms with E-state index in [4.69, 9.17) is 16.3 Å². The molecule has 0 fully saturated rings. The fourth-order valence-electron chi connectivity index (χ4n) is 2.22. The number of halogens is 3. The Bertz CT molecular complexity index is 819. The minimum absolute atomic E-state index is 0.0841. The van der Waals surface area contributed by atoms with Crippen LogP contribution >= 0.6 is 11.6 Å². The second-order valence-corrected chi connectivity index (χ2v) is 5.81. The maximum absolute atomic E-state index is 13.7. The highest BCUT2D eigenvalue weighted by molar-refractivity contribution is 6.31. The molecule has 0 aliphatic heterocycles. The minimum Gasteiger partial charge on any atom is -0.471 e. The minimum atomic E-state index is -0.743. The molecule has 0 bridgehead atoms. The molecule has 0 unspecified atom stereocenters. The van der Waals surface area contributed by atoms with Gasteiger partial charge in [-0.3, -0.25) is 9.36 Å². The van der Waals surface area contributed by atoms with Crippen molar-refractivity contribution in [3.63, 3.8) is 0 Å². The van der Waals surface area contributed by atoms with Gasteiger partial charge >= 0.3 is 0 Å². The first kappa shape index (κ1) is 18.1. The van der Waals surface area contributed by atoms with Crippen LogP contribution in [0.5, 0.6) is 5.88 Å². The molecule has 1 aromatic carbocycles. The smallest absolute Gasteiger partial charge is 0.276 e. The summed E-state index contributed by atoms with van der Waals surface area (Å²) in [6.07, 6.45) is 1.96. The maximum atomic E-state index is 13.7. The van der Waals surface area contributed by atoms with E-state index in [1.807, 2.05) is 13.8 Å². The van der Waals surface area contributed by atoms with E-state index in [-0.39, 0.29) is 29.1 Å². The van der Waals surface area contributed by atoms with E-state index in [2.05, 4.69) is 11.6 Å². The molecule has 0 spiro atoms. The number of rotatable bonds is 6. The Morgan fingerprint density at radius 2 is 2.12 bits per heavy atom. The van der Waals surface area contributed by atoms with Crippen LogP contribution in [0.3, 0.4) is 0 Å². The van der Waals surface area contributed by atoms with Gasteiger partial charge in [0.1, 0.15) is 24.1 Å². The number of ether oxygens (including phenoxy) is 1. The van der Waals surface area contributed by atoms with E-state index in [0.717, 1.165) is 12.1 Å². The maximum Gasteiger partial charge on any atom is 0.276 e. The summed E-state index contributed by atoms with van der Waals surface area (Å²) in [5.74, 6) is -1.06. The van der Waals surface area contributed by atoms with Gasteiger partial charge in [-0.25, -0.2) is 8.78 Å². The van der Waals surface area contributed by atoms with Crippen LogP contribution in [-0.4, -0.2) is 9.55 Å². The highest BCUT2D eigenvalue weighted by Gasteiger charge is 2.18. The molecule has 0 atom stereocenters. The summed E-state index contributed by atoms with van der Waals surface area (Å²) in [7, 11) is 0. The molecule has 0 radical (unpaired) electrons. The van der Waals surface area contributed by atoms with Gasteiger partial charge in [0.25, 0.3) is 5.56 Å². The predicted octanol–water partition coefficient (Wildman–Crippen LogP) is 4.06. The molecule has 0 aliphatic carbocycles. The third-order valence-corrected chi connectivity index (χ3v) is 3.65. The van der Waals surface area contributed by atoms with Crippen LogP contribution in [0.4, 0.5) is 8.78 Å². The van der Waals surface area contributed by atoms with E-state index in [1.54, 1.807) is 6.08 Å². The first-order valence-electron chi connectivity index (χ1n) is 7.33. The normalized spacial score (nSPS) is 10.9. The van der Waals surface area contributed by atoms with Gasteiger partial charge in [0, 0.05) is 24.1 Å². The quantitative estimate of drug-likeness (QED) is 0.735. The molecule has 128 valence electrons. The summed E-state index contributed by atoms with van der Waals surface area (Å²) in [4.78, 5) is 16.7. The lowest BCUT2D eigenvalue weighted by Gasteiger charge is -2.17. The molecule has 4 nitrogen and oxygen atoms in total. The zero-order valence-electron chi connectivity index (χ0n) is 13.4. The summed E-state index contributed by atoms with van der Waals surface area (Å²) < 4.78 is 33.4. The fraction of sp³-hybridized carbons (Fsp3) is 0.294. The lowest BCUT2D eigenvalue weighted by Crippen LogP contribution is -2.27. The lowest BCUT2D eigenvalue weighted by atomic mass is 10.2. The second-order valence-electron chi connectivity index (χ2n) is 5.43. The number of allylic oxidation sites excluding steroid dienone is 1. The molecule has 0 N–H and O–H groups in total. The summed E-state index contributed by atoms with van der Waals surface area (Å²) >= 11 is 6.05. The van der Waals surface area contributed by atoms with Crippen molar-refractivity contribution < 1.29 is 13.5 Å². The molecule has 0 saturated carbocycles. The van der Waals surface area contributed by atoms with Crippen molar-refractivity contribution in [2.24, 2.45) is 0 Å². The van der Waals surface area contributed by atoms with E-state index in [9.17, 15) is 13.6 Å². The van der Waals surface area contributed by atoms with Crippen molar-refractivity contribution in [1.29, 1.82) is 0 Å². The summed E-state index contributed by atoms with van der Waals surface area (Å²) in [6.45, 7) is 7.08. The molecule has 7 heteroatoms. The van der Waals surface area contributed by atoms with Crippen molar-refractivity contribution in [3.8, 4) is 5.88 Å². The summed E-state index contributed by atoms with van der Waals surface area (Å²) in [5, 5.41) is -0.181. The Morgan fingerprint density at radius 3 is 2.71 bits per heavy atom. The number of nitrogens with zero attached hydrogens (tertiary/aromatic N) is 2. The average Bonchev–Trinajstić information content (AvgIpc) is 2.50. The topological polar surface area (TPSA) is 44.1 Å². The summed E-state index contributed by atoms with van der Waals surface area (Å²) in [5.41, 5.74) is -0.305. The van der Waals surface area contributed by atoms with Gasteiger partial charge in [-0.15, -0.1) is 6.58 Å². The largest absolute Gasteiger partial charge is 0.471 e. The Morgan fingerprint density at radius 1 is 1.42 bits per heavy atom. The van der Waals surface area contributed by atoms with E-state index in [1.165, 1.54) is 10.6 Å². The monoisotopic (exact) mass is 354 g/mol. The second kappa shape index (κ2) is 7.57. The van der Waals surface area contributed by atoms with Gasteiger partial charge in [-0.2, -0.15) is 4.98 Å². The van der Waals surface area contributed by atoms with Crippen molar-refractivity contribution in [3.05, 3.63) is 69.3 Å². The van der Waals surface area contributed by atoms with E-state index >= 15 is 0 Å². The van der Waals surface area contributed by atoms with Crippen LogP contribution < -0.4 is 10.3 Å². The van der Waals surface area contributed by atoms with Crippen molar-refractivity contribution in [2.75, 3.05) is 0 Å². The molecule has 1 aromatic heterocycles. The van der Waals surface area contributed by atoms with Crippen LogP contribution in [-0.2, 0) is 13.0 Å². The molecule has 0 amide bonds. The van der Waals surface area contributed by atoms with Crippen molar-refractivity contribution in [1.82, 2.24) is 9.55 Å². The fourth-order valence-corrected chi connectivity index (χ4v) is 2.41. The predicted molar refractivity (Wildman–Crippen MR) is 88.5 cm³/mol. The van der Waals surface area contributed by atoms with Gasteiger partial charge in [-0.05, 0) is 26.0 Å². The highest BCUT2D eigenvalue weighted by atomic mass is 35.5. The Hall–Kier alpha value is -2.21. The Labute approximate surface area is 143 Å². The Balaban J connectivity index is 2.36. The number of hydrogen-bond donors (Lipinski definition) is 0. The zero-order chi connectivity index (χ0) is 17.9. The SMILES string of the molecule is C=CCc1nc(OCc2ccc(F)cc2F)c(Cl)c(=O)n1C(C)C. The van der Waals surface area contributed by atoms with Gasteiger partial charge in [0.15, 0.2) is 5.02 Å². The number of hydrogen-bond acceptors (Lipinski definition) is 3. The molecule has 24 heavy (non-hydrogen) atoms. The molecule has 2 rings (SSSR count). The van der Waals surface area contributed by atoms with Gasteiger partial charge in [0.2, 0.25) is 5.88 Å². The molecule has 1 heterocycles. The first-order chi connectivity index (χ1) is 11.3. The van der Waals surface area contributed by atoms with E-state index < -0.39 is 17.2 Å². The highest BCUT2D eigenvalue weighted by Crippen LogP contribution is 2.22. The van der Waals surface area contributed by atoms with Crippen LogP contribution in [0.15, 0.2) is 35.6 Å². The number of benzene rings is 1. The lowest BCUT2D eigenvalue weighted by molar-refractivity contribution is 0.284. The van der Waals surface area contributed by atoms with Crippen LogP contribution in [0.2, 0.25) is 5.02 Å². The molecular weight excluding hydrogens is 338 g/mol. The molecule has 0 aliphatic rings. The van der Waals surface area contributed by atoms with Crippen LogP contribution in [0.25, 0.3) is 0 Å². The average molecular weight is 355 g/mol. The van der Waals surface area contributed by atoms with Crippen LogP contribution in [0.1, 0.15) is 31.3 Å². The van der Waals surface area contributed by atoms with Gasteiger partial charge in [-0.1, -0.05) is 17.7 Å². The Kier molecular flexibility index (Phi) is 5.72. The van der Waals surface area contributed by atoms with Gasteiger partial charge < -0.3 is 4.74 Å². The summed E-state index contributed by atoms with van der Waals surface area (Å²) in [6, 6.07) is 3.00. The molecule has 2 aromatic rings. The van der Waals surface area contributed by atoms with Crippen LogP contribution in [0, 0.1) is 11.6 Å². The van der Waals surface area contributed by atoms with Crippen molar-refractivity contribution in [2.45, 2.75) is 32.9 Å². The molecule has 0 saturated heterocycles. The first-order valence-corrected chi connectivity index (χ1v) is 7.71. The number of aromatic nitrogens is 2. The van der Waals surface area contributed by atoms with Gasteiger partial charge in [0.05, 0.1) is 0 Å². The standard InChI is InChI=1S/C17H17ClF2N2O2/c1-4-5-14-21-16(15(18)17(23)22(14)10(2)3)24-9-11-6-7-12(19)8-13(11)20/h4,6-8,10H,1,5,9H2,2-3H3. The van der Waals surface area contributed by atoms with Crippen molar-refractivity contribution >= 4 is 11.6 Å². The molecular formula is C17H17ClF2N2O2. The zero-order valence-corrected chi connectivity index (χ0v) is 14.1. The third kappa shape index (κ3) is 3.82. The third-order valence-electron chi connectivity index (χ3n) is 3.33.